The van der Waals surface area contributed by atoms with Crippen LogP contribution < -0.4 is 10.6 Å². The van der Waals surface area contributed by atoms with Gasteiger partial charge in [-0.3, -0.25) is 9.89 Å². The second-order valence-corrected chi connectivity index (χ2v) is 7.86. The number of aliphatic imine (C=N–C) groups is 1. The summed E-state index contributed by atoms with van der Waals surface area (Å²) < 4.78 is 0. The Kier molecular flexibility index (Phi) is 11.1. The Labute approximate surface area is 156 Å². The number of rotatable bonds is 10. The van der Waals surface area contributed by atoms with E-state index in [1.807, 2.05) is 0 Å². The number of nitrogens with one attached hydrogen (secondary N) is 2. The molecule has 0 amide bonds. The molecule has 0 aromatic carbocycles. The van der Waals surface area contributed by atoms with Crippen LogP contribution in [0.4, 0.5) is 0 Å². The second-order valence-electron chi connectivity index (χ2n) is 7.86. The largest absolute Gasteiger partial charge is 0.357 e. The number of nitrogens with zero attached hydrogens (tertiary/aromatic N) is 3. The van der Waals surface area contributed by atoms with Crippen LogP contribution in [0.1, 0.15) is 60.8 Å². The molecule has 25 heavy (non-hydrogen) atoms. The van der Waals surface area contributed by atoms with Crippen LogP contribution in [0.2, 0.25) is 0 Å². The molecule has 1 rings (SSSR count). The van der Waals surface area contributed by atoms with Crippen molar-refractivity contribution in [1.29, 1.82) is 0 Å². The van der Waals surface area contributed by atoms with E-state index >= 15 is 0 Å². The van der Waals surface area contributed by atoms with E-state index in [9.17, 15) is 0 Å². The molecule has 1 fully saturated rings. The lowest BCUT2D eigenvalue weighted by Crippen LogP contribution is -2.45. The van der Waals surface area contributed by atoms with Crippen LogP contribution >= 0.6 is 0 Å². The summed E-state index contributed by atoms with van der Waals surface area (Å²) in [5, 5.41) is 6.91. The van der Waals surface area contributed by atoms with Crippen molar-refractivity contribution in [3.05, 3.63) is 0 Å². The van der Waals surface area contributed by atoms with Gasteiger partial charge < -0.3 is 15.5 Å². The quantitative estimate of drug-likeness (QED) is 0.468. The first-order valence-electron chi connectivity index (χ1n) is 10.5. The summed E-state index contributed by atoms with van der Waals surface area (Å²) in [4.78, 5) is 9.96. The molecule has 2 N–H and O–H groups in total. The van der Waals surface area contributed by atoms with Crippen molar-refractivity contribution in [1.82, 2.24) is 20.4 Å². The van der Waals surface area contributed by atoms with Crippen LogP contribution in [0.5, 0.6) is 0 Å². The lowest BCUT2D eigenvalue weighted by atomic mass is 9.97. The van der Waals surface area contributed by atoms with Crippen molar-refractivity contribution in [2.24, 2.45) is 10.9 Å². The molecule has 1 aliphatic heterocycles. The van der Waals surface area contributed by atoms with Gasteiger partial charge in [0.2, 0.25) is 0 Å². The third-order valence-electron chi connectivity index (χ3n) is 5.09. The summed E-state index contributed by atoms with van der Waals surface area (Å²) >= 11 is 0. The first-order valence-corrected chi connectivity index (χ1v) is 10.5. The normalized spacial score (nSPS) is 17.7. The van der Waals surface area contributed by atoms with E-state index in [0.29, 0.717) is 12.1 Å². The van der Waals surface area contributed by atoms with Crippen LogP contribution in [0, 0.1) is 5.92 Å². The third-order valence-corrected chi connectivity index (χ3v) is 5.09. The van der Waals surface area contributed by atoms with E-state index in [4.69, 9.17) is 4.99 Å². The summed E-state index contributed by atoms with van der Waals surface area (Å²) in [5.74, 6) is 1.72. The summed E-state index contributed by atoms with van der Waals surface area (Å²) in [5.41, 5.74) is 0. The van der Waals surface area contributed by atoms with E-state index in [1.165, 1.54) is 38.9 Å². The number of likely N-dealkylation sites (tertiary alicyclic amines) is 1. The molecule has 0 radical (unpaired) electrons. The lowest BCUT2D eigenvalue weighted by Gasteiger charge is -2.31. The SMILES string of the molecule is CCCN1CCC(CN=C(NCC)NCCN(C(C)C)C(C)C)CC1. The molecule has 0 aromatic rings. The fraction of sp³-hybridized carbons (Fsp3) is 0.950. The average Bonchev–Trinajstić information content (AvgIpc) is 2.57. The molecule has 5 heteroatoms. The Hall–Kier alpha value is -0.810. The fourth-order valence-corrected chi connectivity index (χ4v) is 3.69. The summed E-state index contributed by atoms with van der Waals surface area (Å²) in [6, 6.07) is 1.16. The Bertz CT molecular complexity index is 351. The van der Waals surface area contributed by atoms with Gasteiger partial charge in [0, 0.05) is 38.3 Å². The van der Waals surface area contributed by atoms with Gasteiger partial charge in [-0.1, -0.05) is 6.92 Å². The molecular formula is C20H43N5. The van der Waals surface area contributed by atoms with Gasteiger partial charge in [0.1, 0.15) is 0 Å². The van der Waals surface area contributed by atoms with Gasteiger partial charge in [0.05, 0.1) is 0 Å². The van der Waals surface area contributed by atoms with Crippen LogP contribution in [0.15, 0.2) is 4.99 Å². The molecule has 148 valence electrons. The Morgan fingerprint density at radius 3 is 2.24 bits per heavy atom. The highest BCUT2D eigenvalue weighted by atomic mass is 15.2. The van der Waals surface area contributed by atoms with E-state index in [-0.39, 0.29) is 0 Å². The van der Waals surface area contributed by atoms with Crippen molar-refractivity contribution < 1.29 is 0 Å². The summed E-state index contributed by atoms with van der Waals surface area (Å²) in [6.45, 7) is 21.1. The minimum atomic E-state index is 0.578. The molecule has 0 unspecified atom stereocenters. The van der Waals surface area contributed by atoms with Gasteiger partial charge in [-0.2, -0.15) is 0 Å². The number of guanidine groups is 1. The van der Waals surface area contributed by atoms with Gasteiger partial charge in [-0.15, -0.1) is 0 Å². The van der Waals surface area contributed by atoms with E-state index in [2.05, 4.69) is 62.0 Å². The Morgan fingerprint density at radius 1 is 1.08 bits per heavy atom. The first kappa shape index (κ1) is 22.2. The van der Waals surface area contributed by atoms with Crippen LogP contribution in [-0.2, 0) is 0 Å². The van der Waals surface area contributed by atoms with Gasteiger partial charge in [-0.05, 0) is 79.4 Å². The molecule has 1 heterocycles. The highest BCUT2D eigenvalue weighted by Crippen LogP contribution is 2.17. The number of hydrogen-bond donors (Lipinski definition) is 2. The summed E-state index contributed by atoms with van der Waals surface area (Å²) in [6.07, 6.45) is 3.84. The van der Waals surface area contributed by atoms with Crippen molar-refractivity contribution in [3.63, 3.8) is 0 Å². The molecule has 0 spiro atoms. The Balaban J connectivity index is 2.38. The highest BCUT2D eigenvalue weighted by Gasteiger charge is 2.18. The molecule has 0 bridgehead atoms. The fourth-order valence-electron chi connectivity index (χ4n) is 3.69. The van der Waals surface area contributed by atoms with Crippen molar-refractivity contribution in [2.45, 2.75) is 72.9 Å². The maximum Gasteiger partial charge on any atom is 0.191 e. The van der Waals surface area contributed by atoms with Crippen LogP contribution in [-0.4, -0.2) is 73.7 Å². The van der Waals surface area contributed by atoms with Crippen molar-refractivity contribution in [2.75, 3.05) is 45.8 Å². The molecule has 0 aromatic heterocycles. The maximum absolute atomic E-state index is 4.85. The molecule has 1 saturated heterocycles. The minimum absolute atomic E-state index is 0.578. The topological polar surface area (TPSA) is 42.9 Å². The maximum atomic E-state index is 4.85. The molecular weight excluding hydrogens is 310 g/mol. The van der Waals surface area contributed by atoms with Gasteiger partial charge >= 0.3 is 0 Å². The molecule has 1 aliphatic rings. The minimum Gasteiger partial charge on any atom is -0.357 e. The molecule has 0 aliphatic carbocycles. The predicted molar refractivity (Wildman–Crippen MR) is 110 cm³/mol. The van der Waals surface area contributed by atoms with Gasteiger partial charge in [0.25, 0.3) is 0 Å². The highest BCUT2D eigenvalue weighted by molar-refractivity contribution is 5.79. The standard InChI is InChI=1S/C20H43N5/c1-7-12-24-13-9-19(10-14-24)16-23-20(21-8-2)22-11-15-25(17(3)4)18(5)6/h17-19H,7-16H2,1-6H3,(H2,21,22,23). The zero-order valence-electron chi connectivity index (χ0n) is 17.6. The average molecular weight is 354 g/mol. The first-order chi connectivity index (χ1) is 12.0. The molecule has 0 atom stereocenters. The zero-order chi connectivity index (χ0) is 18.7. The Morgan fingerprint density at radius 2 is 1.72 bits per heavy atom. The third kappa shape index (κ3) is 8.91. The van der Waals surface area contributed by atoms with E-state index in [1.54, 1.807) is 0 Å². The van der Waals surface area contributed by atoms with Crippen molar-refractivity contribution >= 4 is 5.96 Å². The van der Waals surface area contributed by atoms with E-state index < -0.39 is 0 Å². The van der Waals surface area contributed by atoms with Crippen molar-refractivity contribution in [3.8, 4) is 0 Å². The number of hydrogen-bond acceptors (Lipinski definition) is 3. The molecule has 5 nitrogen and oxygen atoms in total. The van der Waals surface area contributed by atoms with E-state index in [0.717, 1.165) is 38.1 Å². The predicted octanol–water partition coefficient (Wildman–Crippen LogP) is 2.78. The zero-order valence-corrected chi connectivity index (χ0v) is 17.6. The monoisotopic (exact) mass is 353 g/mol. The van der Waals surface area contributed by atoms with Gasteiger partial charge in [0.15, 0.2) is 5.96 Å². The second kappa shape index (κ2) is 12.5. The summed E-state index contributed by atoms with van der Waals surface area (Å²) in [7, 11) is 0. The van der Waals surface area contributed by atoms with Crippen LogP contribution in [0.3, 0.4) is 0 Å². The lowest BCUT2D eigenvalue weighted by molar-refractivity contribution is 0.178. The molecule has 0 saturated carbocycles. The van der Waals surface area contributed by atoms with Gasteiger partial charge in [-0.25, -0.2) is 0 Å². The number of piperidine rings is 1. The van der Waals surface area contributed by atoms with Crippen LogP contribution in [0.25, 0.3) is 0 Å². The smallest absolute Gasteiger partial charge is 0.191 e.